The highest BCUT2D eigenvalue weighted by Gasteiger charge is 1.94. The fourth-order valence-corrected chi connectivity index (χ4v) is 0.618. The number of hydrogen-bond acceptors (Lipinski definition) is 3. The summed E-state index contributed by atoms with van der Waals surface area (Å²) in [7, 11) is 0. The molecule has 68 valence electrons. The summed E-state index contributed by atoms with van der Waals surface area (Å²) in [6.07, 6.45) is 0.439. The maximum absolute atomic E-state index is 8.84. The Hall–Kier alpha value is -0.120. The molecule has 0 heterocycles. The third-order valence-electron chi connectivity index (χ3n) is 1.26. The fraction of sp³-hybridized carbons (Fsp3) is 1.00. The van der Waals surface area contributed by atoms with E-state index in [9.17, 15) is 0 Å². The summed E-state index contributed by atoms with van der Waals surface area (Å²) in [6.45, 7) is 6.34. The molecule has 1 N–H and O–H groups in total. The molecule has 3 heteroatoms. The van der Waals surface area contributed by atoms with Crippen LogP contribution in [0, 0.1) is 0 Å². The van der Waals surface area contributed by atoms with E-state index in [1.165, 1.54) is 0 Å². The van der Waals surface area contributed by atoms with Gasteiger partial charge in [-0.1, -0.05) is 0 Å². The van der Waals surface area contributed by atoms with Crippen LogP contribution in [0.25, 0.3) is 0 Å². The van der Waals surface area contributed by atoms with Crippen molar-refractivity contribution >= 4 is 0 Å². The van der Waals surface area contributed by atoms with Crippen LogP contribution in [0.5, 0.6) is 0 Å². The van der Waals surface area contributed by atoms with Gasteiger partial charge in [0.05, 0.1) is 19.3 Å². The summed E-state index contributed by atoms with van der Waals surface area (Å²) in [6, 6.07) is 0. The molecule has 0 aromatic carbocycles. The van der Waals surface area contributed by atoms with Crippen molar-refractivity contribution in [2.75, 3.05) is 26.4 Å². The third-order valence-corrected chi connectivity index (χ3v) is 1.26. The van der Waals surface area contributed by atoms with Gasteiger partial charge < -0.3 is 14.6 Å². The Morgan fingerprint density at radius 3 is 2.36 bits per heavy atom. The van der Waals surface area contributed by atoms with E-state index in [1.807, 2.05) is 6.92 Å². The molecule has 0 radical (unpaired) electrons. The molecule has 0 aliphatic heterocycles. The summed E-state index contributed by atoms with van der Waals surface area (Å²) in [4.78, 5) is 0. The van der Waals surface area contributed by atoms with Gasteiger partial charge in [0.1, 0.15) is 0 Å². The molecule has 0 amide bonds. The van der Waals surface area contributed by atoms with Crippen LogP contribution in [0.15, 0.2) is 0 Å². The quantitative estimate of drug-likeness (QED) is 0.563. The third kappa shape index (κ3) is 9.88. The van der Waals surface area contributed by atoms with E-state index in [1.54, 1.807) is 6.92 Å². The molecule has 0 aliphatic rings. The molecular formula is C8H18O3. The van der Waals surface area contributed by atoms with Crippen LogP contribution < -0.4 is 0 Å². The average Bonchev–Trinajstić information content (AvgIpc) is 1.96. The molecule has 0 saturated heterocycles. The van der Waals surface area contributed by atoms with Crippen molar-refractivity contribution in [3.8, 4) is 0 Å². The van der Waals surface area contributed by atoms with Crippen molar-refractivity contribution in [2.45, 2.75) is 26.4 Å². The van der Waals surface area contributed by atoms with Gasteiger partial charge in [-0.2, -0.15) is 0 Å². The molecule has 0 spiro atoms. The van der Waals surface area contributed by atoms with Crippen molar-refractivity contribution in [2.24, 2.45) is 0 Å². The zero-order valence-corrected chi connectivity index (χ0v) is 7.38. The van der Waals surface area contributed by atoms with E-state index in [4.69, 9.17) is 14.6 Å². The first-order valence-electron chi connectivity index (χ1n) is 4.11. The summed E-state index contributed by atoms with van der Waals surface area (Å²) < 4.78 is 10.2. The lowest BCUT2D eigenvalue weighted by Gasteiger charge is -2.05. The number of aliphatic hydroxyl groups excluding tert-OH is 1. The number of ether oxygens (including phenoxy) is 2. The number of hydrogen-bond donors (Lipinski definition) is 1. The predicted molar refractivity (Wildman–Crippen MR) is 43.6 cm³/mol. The highest BCUT2D eigenvalue weighted by molar-refractivity contribution is 4.43. The van der Waals surface area contributed by atoms with E-state index >= 15 is 0 Å². The van der Waals surface area contributed by atoms with Crippen LogP contribution in [0.2, 0.25) is 0 Å². The van der Waals surface area contributed by atoms with Gasteiger partial charge >= 0.3 is 0 Å². The van der Waals surface area contributed by atoms with E-state index in [0.29, 0.717) is 26.2 Å². The maximum Gasteiger partial charge on any atom is 0.0700 e. The minimum atomic E-state index is -0.262. The minimum Gasteiger partial charge on any atom is -0.393 e. The van der Waals surface area contributed by atoms with E-state index < -0.39 is 0 Å². The lowest BCUT2D eigenvalue weighted by atomic mass is 10.3. The van der Waals surface area contributed by atoms with Crippen LogP contribution in [-0.2, 0) is 9.47 Å². The second-order valence-corrected chi connectivity index (χ2v) is 2.45. The molecule has 0 aromatic heterocycles. The highest BCUT2D eigenvalue weighted by atomic mass is 16.5. The van der Waals surface area contributed by atoms with E-state index in [-0.39, 0.29) is 6.10 Å². The van der Waals surface area contributed by atoms with Crippen molar-refractivity contribution in [3.05, 3.63) is 0 Å². The molecule has 3 nitrogen and oxygen atoms in total. The minimum absolute atomic E-state index is 0.262. The summed E-state index contributed by atoms with van der Waals surface area (Å²) in [5, 5.41) is 8.84. The first kappa shape index (κ1) is 10.9. The Morgan fingerprint density at radius 1 is 1.18 bits per heavy atom. The molecule has 0 rings (SSSR count). The van der Waals surface area contributed by atoms with Crippen molar-refractivity contribution < 1.29 is 14.6 Å². The average molecular weight is 162 g/mol. The van der Waals surface area contributed by atoms with Crippen molar-refractivity contribution in [1.29, 1.82) is 0 Å². The van der Waals surface area contributed by atoms with Gasteiger partial charge in [-0.25, -0.2) is 0 Å². The SMILES string of the molecule is CCOCCOCCC(C)O. The maximum atomic E-state index is 8.84. The smallest absolute Gasteiger partial charge is 0.0700 e. The molecule has 0 saturated carbocycles. The Morgan fingerprint density at radius 2 is 1.82 bits per heavy atom. The monoisotopic (exact) mass is 162 g/mol. The summed E-state index contributed by atoms with van der Waals surface area (Å²) in [5.74, 6) is 0. The molecular weight excluding hydrogens is 144 g/mol. The van der Waals surface area contributed by atoms with Crippen LogP contribution in [0.4, 0.5) is 0 Å². The molecule has 0 bridgehead atoms. The Balaban J connectivity index is 2.80. The van der Waals surface area contributed by atoms with Crippen molar-refractivity contribution in [3.63, 3.8) is 0 Å². The molecule has 0 aromatic rings. The largest absolute Gasteiger partial charge is 0.393 e. The standard InChI is InChI=1S/C8H18O3/c1-3-10-6-7-11-5-4-8(2)9/h8-9H,3-7H2,1-2H3. The molecule has 0 fully saturated rings. The van der Waals surface area contributed by atoms with Crippen LogP contribution in [-0.4, -0.2) is 37.6 Å². The fourth-order valence-electron chi connectivity index (χ4n) is 0.618. The normalized spacial score (nSPS) is 13.4. The number of aliphatic hydroxyl groups is 1. The Bertz CT molecular complexity index is 73.7. The van der Waals surface area contributed by atoms with Gasteiger partial charge in [0.25, 0.3) is 0 Å². The van der Waals surface area contributed by atoms with Gasteiger partial charge in [0.2, 0.25) is 0 Å². The van der Waals surface area contributed by atoms with Gasteiger partial charge in [-0.15, -0.1) is 0 Å². The van der Waals surface area contributed by atoms with Crippen LogP contribution in [0.3, 0.4) is 0 Å². The molecule has 1 atom stereocenters. The molecule has 11 heavy (non-hydrogen) atoms. The second kappa shape index (κ2) is 7.98. The first-order chi connectivity index (χ1) is 5.27. The Kier molecular flexibility index (Phi) is 7.89. The zero-order valence-electron chi connectivity index (χ0n) is 7.38. The first-order valence-corrected chi connectivity index (χ1v) is 4.11. The topological polar surface area (TPSA) is 38.7 Å². The van der Waals surface area contributed by atoms with Gasteiger partial charge in [0.15, 0.2) is 0 Å². The van der Waals surface area contributed by atoms with Crippen LogP contribution in [0.1, 0.15) is 20.3 Å². The second-order valence-electron chi connectivity index (χ2n) is 2.45. The highest BCUT2D eigenvalue weighted by Crippen LogP contribution is 1.89. The van der Waals surface area contributed by atoms with Gasteiger partial charge in [0, 0.05) is 13.2 Å². The summed E-state index contributed by atoms with van der Waals surface area (Å²) >= 11 is 0. The molecule has 0 aliphatic carbocycles. The predicted octanol–water partition coefficient (Wildman–Crippen LogP) is 0.810. The Labute approximate surface area is 68.3 Å². The van der Waals surface area contributed by atoms with E-state index in [0.717, 1.165) is 6.61 Å². The summed E-state index contributed by atoms with van der Waals surface area (Å²) in [5.41, 5.74) is 0. The molecule has 1 unspecified atom stereocenters. The van der Waals surface area contributed by atoms with Crippen molar-refractivity contribution in [1.82, 2.24) is 0 Å². The van der Waals surface area contributed by atoms with E-state index in [2.05, 4.69) is 0 Å². The lowest BCUT2D eigenvalue weighted by Crippen LogP contribution is -2.09. The van der Waals surface area contributed by atoms with Crippen LogP contribution >= 0.6 is 0 Å². The lowest BCUT2D eigenvalue weighted by molar-refractivity contribution is 0.0385. The number of rotatable bonds is 7. The van der Waals surface area contributed by atoms with Gasteiger partial charge in [-0.3, -0.25) is 0 Å². The zero-order chi connectivity index (χ0) is 8.53. The van der Waals surface area contributed by atoms with Gasteiger partial charge in [-0.05, 0) is 20.3 Å².